The molecule has 0 spiro atoms. The summed E-state index contributed by atoms with van der Waals surface area (Å²) in [5.41, 5.74) is 3.12. The molecule has 0 bridgehead atoms. The molecule has 0 aromatic heterocycles. The molecule has 3 rings (SSSR count). The molecule has 1 aromatic carbocycles. The molecule has 0 amide bonds. The van der Waals surface area contributed by atoms with Crippen molar-refractivity contribution in [2.75, 3.05) is 5.75 Å². The van der Waals surface area contributed by atoms with Gasteiger partial charge in [0.05, 0.1) is 0 Å². The molecule has 1 saturated heterocycles. The lowest BCUT2D eigenvalue weighted by Gasteiger charge is -2.33. The molecule has 1 fully saturated rings. The van der Waals surface area contributed by atoms with Gasteiger partial charge >= 0.3 is 0 Å². The third-order valence-electron chi connectivity index (χ3n) is 3.81. The number of hydrogen-bond donors (Lipinski definition) is 1. The number of nitrogens with one attached hydrogen (secondary N) is 1. The minimum Gasteiger partial charge on any atom is -0.306 e. The van der Waals surface area contributed by atoms with Crippen LogP contribution in [0.3, 0.4) is 0 Å². The topological polar surface area (TPSA) is 12.0 Å². The minimum atomic E-state index is 0.590. The lowest BCUT2D eigenvalue weighted by molar-refractivity contribution is 0.423. The summed E-state index contributed by atoms with van der Waals surface area (Å²) in [6.07, 6.45) is 3.91. The Morgan fingerprint density at radius 1 is 1.25 bits per heavy atom. The molecule has 1 nitrogen and oxygen atoms in total. The van der Waals surface area contributed by atoms with Crippen molar-refractivity contribution in [1.29, 1.82) is 0 Å². The molecule has 16 heavy (non-hydrogen) atoms. The highest BCUT2D eigenvalue weighted by atomic mass is 32.2. The zero-order valence-corrected chi connectivity index (χ0v) is 10.6. The number of aryl methyl sites for hydroxylation is 1. The first-order valence-corrected chi connectivity index (χ1v) is 7.35. The van der Waals surface area contributed by atoms with E-state index in [0.29, 0.717) is 12.1 Å². The van der Waals surface area contributed by atoms with Gasteiger partial charge in [-0.2, -0.15) is 11.8 Å². The summed E-state index contributed by atoms with van der Waals surface area (Å²) in [6.45, 7) is 2.32. The summed E-state index contributed by atoms with van der Waals surface area (Å²) in [5.74, 6) is 1.32. The quantitative estimate of drug-likeness (QED) is 0.739. The molecule has 86 valence electrons. The first-order chi connectivity index (χ1) is 7.84. The van der Waals surface area contributed by atoms with Crippen LogP contribution in [-0.2, 0) is 6.42 Å². The maximum absolute atomic E-state index is 3.82. The number of thioether (sulfide) groups is 1. The predicted molar refractivity (Wildman–Crippen MR) is 71.0 cm³/mol. The fraction of sp³-hybridized carbons (Fsp3) is 0.571. The Morgan fingerprint density at radius 2 is 2.12 bits per heavy atom. The van der Waals surface area contributed by atoms with E-state index >= 15 is 0 Å². The number of hydrogen-bond acceptors (Lipinski definition) is 2. The Kier molecular flexibility index (Phi) is 2.95. The van der Waals surface area contributed by atoms with Crippen molar-refractivity contribution in [1.82, 2.24) is 5.32 Å². The van der Waals surface area contributed by atoms with Crippen molar-refractivity contribution >= 4 is 11.8 Å². The molecule has 1 aliphatic heterocycles. The van der Waals surface area contributed by atoms with Crippen LogP contribution in [0.5, 0.6) is 0 Å². The number of fused-ring (bicyclic) bond motifs is 3. The standard InChI is InChI=1S/C14H19NS/c1-10-8-9-16-13-7-6-11-4-2-3-5-12(11)14(13)15-10/h2-5,10,13-15H,6-9H2,1H3. The summed E-state index contributed by atoms with van der Waals surface area (Å²) in [4.78, 5) is 0. The van der Waals surface area contributed by atoms with E-state index in [0.717, 1.165) is 5.25 Å². The SMILES string of the molecule is CC1CCSC2CCc3ccccc3C2N1. The van der Waals surface area contributed by atoms with E-state index in [2.05, 4.69) is 48.3 Å². The molecule has 1 aliphatic carbocycles. The average Bonchev–Trinajstić information content (AvgIpc) is 2.50. The third-order valence-corrected chi connectivity index (χ3v) is 5.21. The van der Waals surface area contributed by atoms with Crippen LogP contribution in [0.4, 0.5) is 0 Å². The molecule has 0 saturated carbocycles. The second kappa shape index (κ2) is 4.42. The van der Waals surface area contributed by atoms with Gasteiger partial charge in [-0.05, 0) is 43.1 Å². The highest BCUT2D eigenvalue weighted by molar-refractivity contribution is 7.99. The van der Waals surface area contributed by atoms with Crippen molar-refractivity contribution in [2.24, 2.45) is 0 Å². The van der Waals surface area contributed by atoms with Crippen LogP contribution in [0.2, 0.25) is 0 Å². The summed E-state index contributed by atoms with van der Waals surface area (Å²) >= 11 is 2.17. The Morgan fingerprint density at radius 3 is 3.06 bits per heavy atom. The first-order valence-electron chi connectivity index (χ1n) is 6.30. The van der Waals surface area contributed by atoms with Crippen molar-refractivity contribution in [3.8, 4) is 0 Å². The third kappa shape index (κ3) is 1.89. The van der Waals surface area contributed by atoms with E-state index < -0.39 is 0 Å². The second-order valence-electron chi connectivity index (χ2n) is 4.98. The average molecular weight is 233 g/mol. The number of benzene rings is 1. The van der Waals surface area contributed by atoms with Crippen LogP contribution in [0, 0.1) is 0 Å². The van der Waals surface area contributed by atoms with Gasteiger partial charge in [-0.25, -0.2) is 0 Å². The van der Waals surface area contributed by atoms with Crippen molar-refractivity contribution in [2.45, 2.75) is 43.5 Å². The van der Waals surface area contributed by atoms with E-state index in [1.807, 2.05) is 0 Å². The zero-order valence-electron chi connectivity index (χ0n) is 9.78. The normalized spacial score (nSPS) is 33.7. The van der Waals surface area contributed by atoms with E-state index in [4.69, 9.17) is 0 Å². The van der Waals surface area contributed by atoms with E-state index in [1.54, 1.807) is 11.1 Å². The molecule has 1 aromatic rings. The molecule has 3 atom stereocenters. The molecule has 1 heterocycles. The summed E-state index contributed by atoms with van der Waals surface area (Å²) in [6, 6.07) is 10.2. The van der Waals surface area contributed by atoms with Crippen LogP contribution in [0.25, 0.3) is 0 Å². The van der Waals surface area contributed by atoms with Crippen molar-refractivity contribution < 1.29 is 0 Å². The summed E-state index contributed by atoms with van der Waals surface area (Å²) < 4.78 is 0. The molecular weight excluding hydrogens is 214 g/mol. The van der Waals surface area contributed by atoms with Crippen molar-refractivity contribution in [3.63, 3.8) is 0 Å². The zero-order chi connectivity index (χ0) is 11.0. The Bertz CT molecular complexity index is 377. The van der Waals surface area contributed by atoms with Gasteiger partial charge in [0.25, 0.3) is 0 Å². The largest absolute Gasteiger partial charge is 0.306 e. The molecular formula is C14H19NS. The first kappa shape index (κ1) is 10.7. The van der Waals surface area contributed by atoms with Crippen LogP contribution >= 0.6 is 11.8 Å². The highest BCUT2D eigenvalue weighted by Gasteiger charge is 2.32. The van der Waals surface area contributed by atoms with Crippen molar-refractivity contribution in [3.05, 3.63) is 35.4 Å². The van der Waals surface area contributed by atoms with E-state index in [-0.39, 0.29) is 0 Å². The lowest BCUT2D eigenvalue weighted by Crippen LogP contribution is -2.37. The van der Waals surface area contributed by atoms with Crippen LogP contribution < -0.4 is 5.32 Å². The molecule has 3 unspecified atom stereocenters. The predicted octanol–water partition coefficient (Wildman–Crippen LogP) is 3.16. The maximum atomic E-state index is 3.82. The lowest BCUT2D eigenvalue weighted by atomic mass is 9.87. The maximum Gasteiger partial charge on any atom is 0.0445 e. The van der Waals surface area contributed by atoms with Crippen LogP contribution in [0.1, 0.15) is 36.9 Å². The Balaban J connectivity index is 1.95. The van der Waals surface area contributed by atoms with Gasteiger partial charge in [0.2, 0.25) is 0 Å². The van der Waals surface area contributed by atoms with E-state index in [1.165, 1.54) is 25.0 Å². The molecule has 2 aliphatic rings. The monoisotopic (exact) mass is 233 g/mol. The van der Waals surface area contributed by atoms with Gasteiger partial charge in [-0.3, -0.25) is 0 Å². The molecule has 0 radical (unpaired) electrons. The van der Waals surface area contributed by atoms with Gasteiger partial charge < -0.3 is 5.32 Å². The van der Waals surface area contributed by atoms with Gasteiger partial charge in [-0.1, -0.05) is 24.3 Å². The summed E-state index contributed by atoms with van der Waals surface area (Å²) in [7, 11) is 0. The minimum absolute atomic E-state index is 0.590. The van der Waals surface area contributed by atoms with Gasteiger partial charge in [0.15, 0.2) is 0 Å². The number of rotatable bonds is 0. The molecule has 1 N–H and O–H groups in total. The van der Waals surface area contributed by atoms with Crippen LogP contribution in [-0.4, -0.2) is 17.0 Å². The second-order valence-corrected chi connectivity index (χ2v) is 6.33. The van der Waals surface area contributed by atoms with Gasteiger partial charge in [0, 0.05) is 17.3 Å². The Hall–Kier alpha value is -0.470. The Labute approximate surface area is 102 Å². The highest BCUT2D eigenvalue weighted by Crippen LogP contribution is 2.39. The fourth-order valence-corrected chi connectivity index (χ4v) is 4.39. The van der Waals surface area contributed by atoms with Crippen LogP contribution in [0.15, 0.2) is 24.3 Å². The van der Waals surface area contributed by atoms with Gasteiger partial charge in [0.1, 0.15) is 0 Å². The summed E-state index contributed by atoms with van der Waals surface area (Å²) in [5, 5.41) is 4.61. The smallest absolute Gasteiger partial charge is 0.0445 e. The van der Waals surface area contributed by atoms with Gasteiger partial charge in [-0.15, -0.1) is 0 Å². The van der Waals surface area contributed by atoms with E-state index in [9.17, 15) is 0 Å². The molecule has 2 heteroatoms. The fourth-order valence-electron chi connectivity index (χ4n) is 2.89.